The Morgan fingerprint density at radius 2 is 0.630 bits per heavy atom. The molecule has 0 unspecified atom stereocenters. The van der Waals surface area contributed by atoms with E-state index in [1.54, 1.807) is 87.0 Å². The number of phenols is 3. The number of aromatic nitrogens is 9. The number of benzene rings is 3. The third-order valence-corrected chi connectivity index (χ3v) is 27.3. The highest BCUT2D eigenvalue weighted by molar-refractivity contribution is 6.45. The Morgan fingerprint density at radius 1 is 0.399 bits per heavy atom. The van der Waals surface area contributed by atoms with E-state index >= 15 is 13.2 Å². The molecule has 3 fully saturated rings. The number of piperazine rings is 3. The molecule has 0 aliphatic carbocycles. The van der Waals surface area contributed by atoms with Crippen LogP contribution in [0.15, 0.2) is 107 Å². The minimum absolute atomic E-state index is 0.0704. The van der Waals surface area contributed by atoms with Crippen molar-refractivity contribution in [1.82, 2.24) is 58.3 Å². The van der Waals surface area contributed by atoms with Crippen molar-refractivity contribution in [2.75, 3.05) is 73.6 Å². The minimum atomic E-state index is -1.55. The number of halogens is 15. The molecule has 138 heavy (non-hydrogen) atoms. The monoisotopic (exact) mass is 2060 g/mol. The van der Waals surface area contributed by atoms with Crippen molar-refractivity contribution >= 4 is 172 Å². The smallest absolute Gasteiger partial charge is 0.276 e. The maximum absolute atomic E-state index is 15.4. The van der Waals surface area contributed by atoms with Gasteiger partial charge in [-0.3, -0.25) is 57.4 Å². The molecule has 3 N–H and O–H groups in total. The summed E-state index contributed by atoms with van der Waals surface area (Å²) in [4.78, 5) is 118. The van der Waals surface area contributed by atoms with E-state index < -0.39 is 133 Å². The molecule has 3 aliphatic rings. The second kappa shape index (κ2) is 40.8. The summed E-state index contributed by atoms with van der Waals surface area (Å²) in [6.45, 7) is 35.0. The van der Waals surface area contributed by atoms with E-state index in [4.69, 9.17) is 104 Å². The van der Waals surface area contributed by atoms with Crippen molar-refractivity contribution in [2.24, 2.45) is 0 Å². The molecular formula is C96H81Cl9F6N18O9. The van der Waals surface area contributed by atoms with Crippen LogP contribution in [-0.4, -0.2) is 168 Å². The van der Waals surface area contributed by atoms with Gasteiger partial charge in [-0.15, -0.1) is 0 Å². The van der Waals surface area contributed by atoms with Crippen molar-refractivity contribution in [1.29, 1.82) is 15.8 Å². The predicted octanol–water partition coefficient (Wildman–Crippen LogP) is 20.8. The first-order chi connectivity index (χ1) is 65.2. The third-order valence-electron chi connectivity index (χ3n) is 24.0. The second-order valence-electron chi connectivity index (χ2n) is 33.6. The second-order valence-corrected chi connectivity index (χ2v) is 37.1. The lowest BCUT2D eigenvalue weighted by molar-refractivity contribution is -0.129. The van der Waals surface area contributed by atoms with Crippen LogP contribution in [0, 0.1) is 89.7 Å². The van der Waals surface area contributed by atoms with Gasteiger partial charge >= 0.3 is 0 Å². The van der Waals surface area contributed by atoms with Crippen molar-refractivity contribution in [2.45, 2.75) is 119 Å². The maximum Gasteiger partial charge on any atom is 0.276 e. The maximum atomic E-state index is 15.4. The molecule has 3 aromatic carbocycles. The molecule has 3 atom stereocenters. The van der Waals surface area contributed by atoms with Crippen molar-refractivity contribution in [3.05, 3.63) is 255 Å². The molecule has 12 aromatic rings. The van der Waals surface area contributed by atoms with Crippen LogP contribution in [0.4, 0.5) is 43.4 Å². The molecule has 9 aromatic heterocycles. The van der Waals surface area contributed by atoms with Gasteiger partial charge in [0.15, 0.2) is 34.9 Å². The molecule has 0 radical (unpaired) electrons. The lowest BCUT2D eigenvalue weighted by Gasteiger charge is -2.41. The first-order valence-electron chi connectivity index (χ1n) is 42.4. The number of phenolic OH excluding ortho intramolecular Hbond substituents is 3. The Labute approximate surface area is 830 Å². The Bertz CT molecular complexity index is 6790. The summed E-state index contributed by atoms with van der Waals surface area (Å²) < 4.78 is 94.3. The Kier molecular flexibility index (Phi) is 30.3. The van der Waals surface area contributed by atoms with Crippen LogP contribution in [0.1, 0.15) is 131 Å². The van der Waals surface area contributed by atoms with E-state index in [0.717, 1.165) is 0 Å². The summed E-state index contributed by atoms with van der Waals surface area (Å²) in [5, 5.41) is 59.2. The standard InChI is InChI=1S/3C32H27Cl3F2N6O3/c3*1-6-20(44)42-10-9-41(13-16(42)5)29-17-11-19(33)27(21-24(36)25(37)22(34)23(35)30(21)45)40-31(17)43(32(46)18(29)12-38)28-15(4)7-8-39-26(28)14(2)3/h3*6-8,11,14,16,45H,1,9-10,13H2,2-5H3/t3*16-/m111/s1. The van der Waals surface area contributed by atoms with Crippen LogP contribution in [0.3, 0.4) is 0 Å². The van der Waals surface area contributed by atoms with Crippen molar-refractivity contribution < 1.29 is 56.0 Å². The highest BCUT2D eigenvalue weighted by Gasteiger charge is 2.40. The number of nitrogens with zero attached hydrogens (tertiary/aromatic N) is 18. The fraction of sp³-hybridized carbons (Fsp3) is 0.281. The number of hydrogen-bond donors (Lipinski definition) is 3. The molecule has 3 amide bonds. The van der Waals surface area contributed by atoms with Gasteiger partial charge in [0.1, 0.15) is 99.2 Å². The molecule has 0 bridgehead atoms. The average Bonchev–Trinajstić information content (AvgIpc) is 0.726. The number of amides is 3. The summed E-state index contributed by atoms with van der Waals surface area (Å²) in [5.41, 5.74) is -1.62. The van der Waals surface area contributed by atoms with Gasteiger partial charge in [0.2, 0.25) is 17.7 Å². The van der Waals surface area contributed by atoms with E-state index in [1.807, 2.05) is 62.3 Å². The van der Waals surface area contributed by atoms with Crippen molar-refractivity contribution in [3.8, 4) is 86.3 Å². The van der Waals surface area contributed by atoms with Gasteiger partial charge in [-0.2, -0.15) is 15.8 Å². The van der Waals surface area contributed by atoms with Crippen LogP contribution < -0.4 is 31.4 Å². The number of carbonyl (C=O) groups excluding carboxylic acids is 3. The fourth-order valence-corrected chi connectivity index (χ4v) is 19.2. The summed E-state index contributed by atoms with van der Waals surface area (Å²) in [7, 11) is 0. The zero-order valence-electron chi connectivity index (χ0n) is 75.4. The molecule has 15 rings (SSSR count). The molecule has 27 nitrogen and oxygen atoms in total. The quantitative estimate of drug-likeness (QED) is 0.0371. The molecule has 714 valence electrons. The van der Waals surface area contributed by atoms with Gasteiger partial charge in [0.25, 0.3) is 16.7 Å². The molecule has 3 aliphatic heterocycles. The lowest BCUT2D eigenvalue weighted by atomic mass is 10.0. The largest absolute Gasteiger partial charge is 0.506 e. The van der Waals surface area contributed by atoms with E-state index in [-0.39, 0.29) is 194 Å². The van der Waals surface area contributed by atoms with E-state index in [0.29, 0.717) is 50.8 Å². The zero-order valence-corrected chi connectivity index (χ0v) is 82.2. The summed E-state index contributed by atoms with van der Waals surface area (Å²) in [6, 6.07) is 14.3. The lowest BCUT2D eigenvalue weighted by Crippen LogP contribution is -2.54. The van der Waals surface area contributed by atoms with Crippen LogP contribution >= 0.6 is 104 Å². The van der Waals surface area contributed by atoms with Gasteiger partial charge in [0, 0.05) is 112 Å². The molecule has 12 heterocycles. The summed E-state index contributed by atoms with van der Waals surface area (Å²) in [6.07, 6.45) is 8.43. The number of rotatable bonds is 15. The number of hydrogen-bond acceptors (Lipinski definition) is 21. The van der Waals surface area contributed by atoms with Crippen LogP contribution in [0.2, 0.25) is 45.2 Å². The first kappa shape index (κ1) is 103. The summed E-state index contributed by atoms with van der Waals surface area (Å²) in [5.74, 6) is -13.3. The van der Waals surface area contributed by atoms with E-state index in [2.05, 4.69) is 67.8 Å². The number of carbonyl (C=O) groups is 3. The zero-order chi connectivity index (χ0) is 101. The highest BCUT2D eigenvalue weighted by Crippen LogP contribution is 2.52. The molecule has 3 saturated heterocycles. The summed E-state index contributed by atoms with van der Waals surface area (Å²) >= 11 is 55.5. The number of aryl methyl sites for hydroxylation is 3. The Hall–Kier alpha value is -12.7. The van der Waals surface area contributed by atoms with Crippen LogP contribution in [-0.2, 0) is 14.4 Å². The van der Waals surface area contributed by atoms with E-state index in [9.17, 15) is 73.0 Å². The minimum Gasteiger partial charge on any atom is -0.506 e. The van der Waals surface area contributed by atoms with Crippen LogP contribution in [0.25, 0.3) is 83.9 Å². The number of aromatic hydroxyl groups is 3. The number of pyridine rings is 9. The Morgan fingerprint density at radius 3 is 0.833 bits per heavy atom. The van der Waals surface area contributed by atoms with Crippen molar-refractivity contribution in [3.63, 3.8) is 0 Å². The fourth-order valence-electron chi connectivity index (χ4n) is 17.4. The van der Waals surface area contributed by atoms with Crippen LogP contribution in [0.5, 0.6) is 17.2 Å². The third kappa shape index (κ3) is 18.0. The normalized spacial score (nSPS) is 15.0. The highest BCUT2D eigenvalue weighted by atomic mass is 35.5. The molecule has 42 heteroatoms. The SMILES string of the molecule is C=CC(=O)N1CCN(c2c(C#N)c(=O)n(-c3c(C)ccnc3C(C)C)c3nc(-c4c(O)c(Cl)c(Cl)c(F)c4F)c(Cl)cc23)C[C@H]1C.C=CC(=O)N1CCN(c2c(C#N)c(=O)n(-c3c(C)ccnc3C(C)C)c3nc(-c4c(O)c(Cl)c(Cl)c(F)c4F)c(Cl)cc23)C[C@H]1C.C=CC(=O)N1CCN(c2c(C#N)c(=O)n(-c3c(C)ccnc3C(C)C)c3nc(-c4c(O)c(Cl)c(Cl)c(F)c4F)c(Cl)cc23)C[C@H]1C. The number of fused-ring (bicyclic) bond motifs is 3. The van der Waals surface area contributed by atoms with Gasteiger partial charge in [0.05, 0.1) is 100 Å². The van der Waals surface area contributed by atoms with Gasteiger partial charge in [-0.1, -0.05) is 166 Å². The van der Waals surface area contributed by atoms with E-state index in [1.165, 1.54) is 50.1 Å². The number of anilines is 3. The first-order valence-corrected chi connectivity index (χ1v) is 45.8. The number of nitriles is 3. The molecular weight excluding hydrogens is 1980 g/mol. The molecule has 0 saturated carbocycles. The predicted molar refractivity (Wildman–Crippen MR) is 523 cm³/mol. The topological polar surface area (TPSA) is 346 Å². The van der Waals surface area contributed by atoms with Gasteiger partial charge in [-0.05, 0) is 131 Å². The van der Waals surface area contributed by atoms with Gasteiger partial charge < -0.3 is 44.7 Å². The van der Waals surface area contributed by atoms with Gasteiger partial charge in [-0.25, -0.2) is 41.3 Å². The molecule has 0 spiro atoms. The Balaban J connectivity index is 0.000000175. The average molecular weight is 2060 g/mol.